The molecule has 1 rings (SSSR count). The van der Waals surface area contributed by atoms with Crippen molar-refractivity contribution < 1.29 is 14.6 Å². The summed E-state index contributed by atoms with van der Waals surface area (Å²) >= 11 is 9.18. The predicted octanol–water partition coefficient (Wildman–Crippen LogP) is 1.98. The van der Waals surface area contributed by atoms with Gasteiger partial charge in [0.2, 0.25) is 0 Å². The van der Waals surface area contributed by atoms with Crippen LogP contribution in [-0.4, -0.2) is 30.3 Å². The lowest BCUT2D eigenvalue weighted by Crippen LogP contribution is -2.34. The van der Waals surface area contributed by atoms with Crippen molar-refractivity contribution in [2.75, 3.05) is 13.2 Å². The van der Waals surface area contributed by atoms with Gasteiger partial charge in [0, 0.05) is 11.0 Å². The van der Waals surface area contributed by atoms with E-state index in [0.717, 1.165) is 4.47 Å². The monoisotopic (exact) mass is 321 g/mol. The number of ether oxygens (including phenoxy) is 1. The van der Waals surface area contributed by atoms with E-state index < -0.39 is 6.10 Å². The summed E-state index contributed by atoms with van der Waals surface area (Å²) in [5, 5.41) is 11.9. The highest BCUT2D eigenvalue weighted by molar-refractivity contribution is 9.10. The van der Waals surface area contributed by atoms with Crippen LogP contribution in [0, 0.1) is 0 Å². The first-order chi connectivity index (χ1) is 7.99. The van der Waals surface area contributed by atoms with E-state index in [2.05, 4.69) is 21.2 Å². The normalized spacial score (nSPS) is 12.0. The fourth-order valence-electron chi connectivity index (χ4n) is 1.05. The molecule has 1 amide bonds. The van der Waals surface area contributed by atoms with Crippen LogP contribution in [-0.2, 0) is 4.79 Å². The van der Waals surface area contributed by atoms with Crippen LogP contribution >= 0.6 is 27.5 Å². The average molecular weight is 323 g/mol. The molecule has 0 saturated heterocycles. The van der Waals surface area contributed by atoms with E-state index >= 15 is 0 Å². The van der Waals surface area contributed by atoms with Crippen molar-refractivity contribution in [3.63, 3.8) is 0 Å². The molecule has 6 heteroatoms. The van der Waals surface area contributed by atoms with Gasteiger partial charge in [-0.1, -0.05) is 27.5 Å². The molecule has 0 saturated carbocycles. The number of benzene rings is 1. The zero-order valence-electron chi connectivity index (χ0n) is 9.24. The highest BCUT2D eigenvalue weighted by atomic mass is 79.9. The van der Waals surface area contributed by atoms with Crippen molar-refractivity contribution in [2.24, 2.45) is 0 Å². The molecule has 1 aromatic carbocycles. The summed E-state index contributed by atoms with van der Waals surface area (Å²) < 4.78 is 6.08. The maximum atomic E-state index is 11.3. The van der Waals surface area contributed by atoms with E-state index in [-0.39, 0.29) is 19.1 Å². The number of aliphatic hydroxyl groups is 1. The van der Waals surface area contributed by atoms with E-state index in [1.807, 2.05) is 0 Å². The zero-order valence-corrected chi connectivity index (χ0v) is 11.6. The van der Waals surface area contributed by atoms with Gasteiger partial charge in [-0.2, -0.15) is 0 Å². The first-order valence-corrected chi connectivity index (χ1v) is 6.18. The molecule has 1 atom stereocenters. The van der Waals surface area contributed by atoms with Crippen LogP contribution in [0.5, 0.6) is 5.75 Å². The third kappa shape index (κ3) is 5.39. The van der Waals surface area contributed by atoms with Crippen molar-refractivity contribution >= 4 is 33.4 Å². The van der Waals surface area contributed by atoms with Crippen LogP contribution in [0.25, 0.3) is 0 Å². The molecule has 0 radical (unpaired) electrons. The van der Waals surface area contributed by atoms with Gasteiger partial charge >= 0.3 is 0 Å². The molecule has 1 unspecified atom stereocenters. The topological polar surface area (TPSA) is 58.6 Å². The van der Waals surface area contributed by atoms with Gasteiger partial charge in [0.25, 0.3) is 5.91 Å². The second kappa shape index (κ2) is 6.83. The Bertz CT molecular complexity index is 398. The summed E-state index contributed by atoms with van der Waals surface area (Å²) in [7, 11) is 0. The third-order valence-electron chi connectivity index (χ3n) is 1.85. The van der Waals surface area contributed by atoms with Gasteiger partial charge in [0.05, 0.1) is 11.1 Å². The van der Waals surface area contributed by atoms with Crippen LogP contribution < -0.4 is 10.1 Å². The zero-order chi connectivity index (χ0) is 12.8. The lowest BCUT2D eigenvalue weighted by Gasteiger charge is -2.09. The van der Waals surface area contributed by atoms with E-state index in [1.54, 1.807) is 25.1 Å². The summed E-state index contributed by atoms with van der Waals surface area (Å²) in [6.07, 6.45) is -0.574. The molecule has 0 aromatic heterocycles. The Balaban J connectivity index is 2.42. The first-order valence-electron chi connectivity index (χ1n) is 5.01. The molecule has 94 valence electrons. The lowest BCUT2D eigenvalue weighted by atomic mass is 10.3. The Kier molecular flexibility index (Phi) is 5.74. The van der Waals surface area contributed by atoms with Crippen molar-refractivity contribution in [3.05, 3.63) is 27.7 Å². The van der Waals surface area contributed by atoms with Gasteiger partial charge in [-0.3, -0.25) is 4.79 Å². The number of carbonyl (C=O) groups is 1. The molecule has 1 aromatic rings. The molecule has 0 spiro atoms. The second-order valence-electron chi connectivity index (χ2n) is 3.52. The summed E-state index contributed by atoms with van der Waals surface area (Å²) in [4.78, 5) is 11.3. The smallest absolute Gasteiger partial charge is 0.258 e. The SMILES string of the molecule is CC(O)CNC(=O)COc1ccc(Br)cc1Cl. The standard InChI is InChI=1S/C11H13BrClNO3/c1-7(15)5-14-11(16)6-17-10-3-2-8(12)4-9(10)13/h2-4,7,15H,5-6H2,1H3,(H,14,16). The summed E-state index contributed by atoms with van der Waals surface area (Å²) in [6, 6.07) is 5.13. The number of aliphatic hydroxyl groups excluding tert-OH is 1. The number of halogens is 2. The predicted molar refractivity (Wildman–Crippen MR) is 69.3 cm³/mol. The lowest BCUT2D eigenvalue weighted by molar-refractivity contribution is -0.123. The van der Waals surface area contributed by atoms with Crippen molar-refractivity contribution in [3.8, 4) is 5.75 Å². The maximum absolute atomic E-state index is 11.3. The number of amides is 1. The van der Waals surface area contributed by atoms with Crippen molar-refractivity contribution in [1.29, 1.82) is 0 Å². The molecule has 0 aliphatic carbocycles. The Morgan fingerprint density at radius 1 is 1.65 bits per heavy atom. The van der Waals surface area contributed by atoms with Crippen LogP contribution in [0.3, 0.4) is 0 Å². The molecule has 0 aliphatic heterocycles. The van der Waals surface area contributed by atoms with Gasteiger partial charge in [0.15, 0.2) is 6.61 Å². The largest absolute Gasteiger partial charge is 0.482 e. The number of hydrogen-bond donors (Lipinski definition) is 2. The van der Waals surface area contributed by atoms with Gasteiger partial charge in [-0.15, -0.1) is 0 Å². The Morgan fingerprint density at radius 2 is 2.35 bits per heavy atom. The van der Waals surface area contributed by atoms with Crippen LogP contribution in [0.4, 0.5) is 0 Å². The van der Waals surface area contributed by atoms with Crippen LogP contribution in [0.2, 0.25) is 5.02 Å². The van der Waals surface area contributed by atoms with Gasteiger partial charge in [-0.25, -0.2) is 0 Å². The molecule has 4 nitrogen and oxygen atoms in total. The van der Waals surface area contributed by atoms with E-state index in [0.29, 0.717) is 10.8 Å². The molecule has 0 bridgehead atoms. The van der Waals surface area contributed by atoms with Gasteiger partial charge in [-0.05, 0) is 25.1 Å². The summed E-state index contributed by atoms with van der Waals surface area (Å²) in [6.45, 7) is 1.66. The van der Waals surface area contributed by atoms with Crippen LogP contribution in [0.15, 0.2) is 22.7 Å². The number of nitrogens with one attached hydrogen (secondary N) is 1. The first kappa shape index (κ1) is 14.3. The highest BCUT2D eigenvalue weighted by Gasteiger charge is 2.06. The average Bonchev–Trinajstić information content (AvgIpc) is 2.25. The van der Waals surface area contributed by atoms with E-state index in [1.165, 1.54) is 0 Å². The molecule has 0 fully saturated rings. The molecular formula is C11H13BrClNO3. The fourth-order valence-corrected chi connectivity index (χ4v) is 1.78. The maximum Gasteiger partial charge on any atom is 0.258 e. The molecular weight excluding hydrogens is 309 g/mol. The minimum Gasteiger partial charge on any atom is -0.482 e. The summed E-state index contributed by atoms with van der Waals surface area (Å²) in [5.41, 5.74) is 0. The van der Waals surface area contributed by atoms with Crippen molar-refractivity contribution in [2.45, 2.75) is 13.0 Å². The quantitative estimate of drug-likeness (QED) is 0.871. The number of carbonyl (C=O) groups excluding carboxylic acids is 1. The molecule has 17 heavy (non-hydrogen) atoms. The van der Waals surface area contributed by atoms with Gasteiger partial charge < -0.3 is 15.2 Å². The minimum absolute atomic E-state index is 0.131. The summed E-state index contributed by atoms with van der Waals surface area (Å²) in [5.74, 6) is 0.145. The number of hydrogen-bond acceptors (Lipinski definition) is 3. The van der Waals surface area contributed by atoms with Gasteiger partial charge in [0.1, 0.15) is 5.75 Å². The number of rotatable bonds is 5. The second-order valence-corrected chi connectivity index (χ2v) is 4.84. The Labute approximate surface area is 113 Å². The van der Waals surface area contributed by atoms with E-state index in [4.69, 9.17) is 21.4 Å². The fraction of sp³-hybridized carbons (Fsp3) is 0.364. The van der Waals surface area contributed by atoms with E-state index in [9.17, 15) is 4.79 Å². The molecule has 0 aliphatic rings. The minimum atomic E-state index is -0.574. The Hall–Kier alpha value is -0.780. The molecule has 2 N–H and O–H groups in total. The van der Waals surface area contributed by atoms with Crippen LogP contribution in [0.1, 0.15) is 6.92 Å². The molecule has 0 heterocycles. The highest BCUT2D eigenvalue weighted by Crippen LogP contribution is 2.27. The third-order valence-corrected chi connectivity index (χ3v) is 2.64. The Morgan fingerprint density at radius 3 is 2.94 bits per heavy atom. The van der Waals surface area contributed by atoms with Crippen molar-refractivity contribution in [1.82, 2.24) is 5.32 Å².